The number of hydrogen-bond acceptors (Lipinski definition) is 5. The summed E-state index contributed by atoms with van der Waals surface area (Å²) in [6, 6.07) is 2.90. The molecule has 0 bridgehead atoms. The number of amides is 1. The third-order valence-electron chi connectivity index (χ3n) is 4.64. The first-order chi connectivity index (χ1) is 13.9. The van der Waals surface area contributed by atoms with E-state index in [2.05, 4.69) is 10.6 Å². The van der Waals surface area contributed by atoms with Crippen molar-refractivity contribution in [1.29, 1.82) is 0 Å². The van der Waals surface area contributed by atoms with Gasteiger partial charge in [-0.25, -0.2) is 9.59 Å². The molecule has 0 aromatic heterocycles. The molecule has 2 N–H and O–H groups in total. The highest BCUT2D eigenvalue weighted by Gasteiger charge is 2.35. The fourth-order valence-corrected chi connectivity index (χ4v) is 3.33. The summed E-state index contributed by atoms with van der Waals surface area (Å²) in [6.07, 6.45) is -2.69. The van der Waals surface area contributed by atoms with Gasteiger partial charge in [0.25, 0.3) is 0 Å². The minimum absolute atomic E-state index is 0.0626. The lowest BCUT2D eigenvalue weighted by atomic mass is 9.90. The molecule has 2 rings (SSSR count). The van der Waals surface area contributed by atoms with E-state index in [1.807, 2.05) is 0 Å². The number of halogens is 3. The molecule has 1 aromatic rings. The van der Waals surface area contributed by atoms with E-state index in [1.54, 1.807) is 27.7 Å². The predicted octanol–water partition coefficient (Wildman–Crippen LogP) is 5.13. The highest BCUT2D eigenvalue weighted by Crippen LogP contribution is 2.36. The van der Waals surface area contributed by atoms with E-state index in [0.29, 0.717) is 25.7 Å². The van der Waals surface area contributed by atoms with Crippen molar-refractivity contribution in [1.82, 2.24) is 5.32 Å². The van der Waals surface area contributed by atoms with Crippen LogP contribution in [-0.4, -0.2) is 36.4 Å². The summed E-state index contributed by atoms with van der Waals surface area (Å²) in [5, 5.41) is 5.74. The van der Waals surface area contributed by atoms with Crippen LogP contribution in [0.15, 0.2) is 18.2 Å². The summed E-state index contributed by atoms with van der Waals surface area (Å²) < 4.78 is 50.3. The third kappa shape index (κ3) is 7.11. The lowest BCUT2D eigenvalue weighted by molar-refractivity contribution is -0.137. The van der Waals surface area contributed by atoms with Crippen LogP contribution in [-0.2, 0) is 15.7 Å². The van der Waals surface area contributed by atoms with Crippen LogP contribution < -0.4 is 10.6 Å². The number of rotatable bonds is 5. The molecule has 168 valence electrons. The zero-order chi connectivity index (χ0) is 22.5. The van der Waals surface area contributed by atoms with Gasteiger partial charge in [-0.15, -0.1) is 0 Å². The number of alkyl carbamates (subject to hydrolysis) is 1. The average Bonchev–Trinajstić information content (AvgIpc) is 2.61. The molecule has 0 heterocycles. The van der Waals surface area contributed by atoms with Crippen molar-refractivity contribution >= 4 is 17.7 Å². The Bertz CT molecular complexity index is 752. The molecule has 1 aromatic carbocycles. The summed E-state index contributed by atoms with van der Waals surface area (Å²) in [5.41, 5.74) is -1.50. The van der Waals surface area contributed by atoms with Crippen molar-refractivity contribution in [2.75, 3.05) is 11.9 Å². The molecule has 0 aliphatic heterocycles. The summed E-state index contributed by atoms with van der Waals surface area (Å²) in [7, 11) is 0. The molecular formula is C21H29F3N2O4. The molecule has 1 fully saturated rings. The number of anilines is 1. The smallest absolute Gasteiger partial charge is 0.418 e. The molecule has 6 nitrogen and oxygen atoms in total. The maximum atomic E-state index is 13.4. The third-order valence-corrected chi connectivity index (χ3v) is 4.64. The number of nitrogens with one attached hydrogen (secondary N) is 2. The number of hydrogen-bond donors (Lipinski definition) is 2. The fraction of sp³-hybridized carbons (Fsp3) is 0.619. The van der Waals surface area contributed by atoms with E-state index >= 15 is 0 Å². The molecule has 0 saturated heterocycles. The molecule has 30 heavy (non-hydrogen) atoms. The van der Waals surface area contributed by atoms with Crippen LogP contribution in [0.2, 0.25) is 0 Å². The minimum atomic E-state index is -4.55. The van der Waals surface area contributed by atoms with Crippen molar-refractivity contribution in [3.05, 3.63) is 29.3 Å². The van der Waals surface area contributed by atoms with Gasteiger partial charge >= 0.3 is 18.2 Å². The van der Waals surface area contributed by atoms with E-state index in [9.17, 15) is 22.8 Å². The van der Waals surface area contributed by atoms with Gasteiger partial charge in [-0.3, -0.25) is 0 Å². The first-order valence-corrected chi connectivity index (χ1v) is 10.0. The highest BCUT2D eigenvalue weighted by atomic mass is 19.4. The molecule has 0 atom stereocenters. The molecule has 0 unspecified atom stereocenters. The Morgan fingerprint density at radius 3 is 2.20 bits per heavy atom. The number of ether oxygens (including phenoxy) is 2. The fourth-order valence-electron chi connectivity index (χ4n) is 3.33. The normalized spacial score (nSPS) is 19.7. The van der Waals surface area contributed by atoms with Gasteiger partial charge in [0.1, 0.15) is 5.60 Å². The van der Waals surface area contributed by atoms with Crippen LogP contribution in [0.5, 0.6) is 0 Å². The molecule has 1 aliphatic rings. The first kappa shape index (κ1) is 23.8. The molecule has 0 radical (unpaired) electrons. The Morgan fingerprint density at radius 1 is 1.07 bits per heavy atom. The summed E-state index contributed by atoms with van der Waals surface area (Å²) in [4.78, 5) is 23.8. The van der Waals surface area contributed by atoms with Crippen LogP contribution in [0.25, 0.3) is 0 Å². The quantitative estimate of drug-likeness (QED) is 0.634. The van der Waals surface area contributed by atoms with Gasteiger partial charge in [-0.05, 0) is 71.6 Å². The highest BCUT2D eigenvalue weighted by molar-refractivity contribution is 5.91. The van der Waals surface area contributed by atoms with Crippen molar-refractivity contribution in [3.63, 3.8) is 0 Å². The number of carbonyl (C=O) groups excluding carboxylic acids is 2. The van der Waals surface area contributed by atoms with Gasteiger partial charge in [0.15, 0.2) is 0 Å². The summed E-state index contributed by atoms with van der Waals surface area (Å²) in [6.45, 7) is 7.09. The van der Waals surface area contributed by atoms with Crippen LogP contribution in [0.3, 0.4) is 0 Å². The molecule has 9 heteroatoms. The van der Waals surface area contributed by atoms with Gasteiger partial charge in [-0.2, -0.15) is 13.2 Å². The Balaban J connectivity index is 2.03. The largest absolute Gasteiger partial charge is 0.462 e. The predicted molar refractivity (Wildman–Crippen MR) is 106 cm³/mol. The van der Waals surface area contributed by atoms with Crippen LogP contribution in [0, 0.1) is 0 Å². The van der Waals surface area contributed by atoms with Gasteiger partial charge < -0.3 is 20.1 Å². The topological polar surface area (TPSA) is 76.7 Å². The molecule has 1 amide bonds. The van der Waals surface area contributed by atoms with Gasteiger partial charge in [0.05, 0.1) is 17.7 Å². The summed E-state index contributed by atoms with van der Waals surface area (Å²) >= 11 is 0. The van der Waals surface area contributed by atoms with Gasteiger partial charge in [0, 0.05) is 17.8 Å². The Labute approximate surface area is 174 Å². The molecule has 1 aliphatic carbocycles. The zero-order valence-electron chi connectivity index (χ0n) is 17.7. The average molecular weight is 430 g/mol. The molecular weight excluding hydrogens is 401 g/mol. The number of alkyl halides is 3. The van der Waals surface area contributed by atoms with Gasteiger partial charge in [0.2, 0.25) is 0 Å². The second-order valence-electron chi connectivity index (χ2n) is 8.32. The monoisotopic (exact) mass is 430 g/mol. The van der Waals surface area contributed by atoms with E-state index in [1.165, 1.54) is 6.07 Å². The Morgan fingerprint density at radius 2 is 1.67 bits per heavy atom. The standard InChI is InChI=1S/C21H29F3N2O4/c1-5-29-18(27)13-6-11-16(21(22,23)24)17(12-13)25-14-7-9-15(10-8-14)26-19(28)30-20(2,3)4/h6,11-12,14-15,25H,5,7-10H2,1-4H3,(H,26,28). The minimum Gasteiger partial charge on any atom is -0.462 e. The number of esters is 1. The van der Waals surface area contributed by atoms with E-state index in [4.69, 9.17) is 9.47 Å². The Hall–Kier alpha value is -2.45. The second kappa shape index (κ2) is 9.57. The van der Waals surface area contributed by atoms with E-state index < -0.39 is 29.4 Å². The molecule has 1 saturated carbocycles. The van der Waals surface area contributed by atoms with Crippen molar-refractivity contribution in [3.8, 4) is 0 Å². The SMILES string of the molecule is CCOC(=O)c1ccc(C(F)(F)F)c(NC2CCC(NC(=O)OC(C)(C)C)CC2)c1. The lowest BCUT2D eigenvalue weighted by Gasteiger charge is -2.31. The lowest BCUT2D eigenvalue weighted by Crippen LogP contribution is -2.42. The van der Waals surface area contributed by atoms with Crippen LogP contribution >= 0.6 is 0 Å². The maximum absolute atomic E-state index is 13.4. The Kier molecular flexibility index (Phi) is 7.60. The van der Waals surface area contributed by atoms with Gasteiger partial charge in [-0.1, -0.05) is 0 Å². The zero-order valence-corrected chi connectivity index (χ0v) is 17.7. The van der Waals surface area contributed by atoms with E-state index in [0.717, 1.165) is 12.1 Å². The second-order valence-corrected chi connectivity index (χ2v) is 8.32. The van der Waals surface area contributed by atoms with E-state index in [-0.39, 0.29) is 29.9 Å². The van der Waals surface area contributed by atoms with Crippen LogP contribution in [0.1, 0.15) is 69.3 Å². The van der Waals surface area contributed by atoms with Crippen LogP contribution in [0.4, 0.5) is 23.7 Å². The first-order valence-electron chi connectivity index (χ1n) is 10.0. The summed E-state index contributed by atoms with van der Waals surface area (Å²) in [5.74, 6) is -0.667. The number of benzene rings is 1. The maximum Gasteiger partial charge on any atom is 0.418 e. The van der Waals surface area contributed by atoms with Crippen molar-refractivity contribution in [2.24, 2.45) is 0 Å². The number of carbonyl (C=O) groups is 2. The van der Waals surface area contributed by atoms with Crippen molar-refractivity contribution < 1.29 is 32.2 Å². The van der Waals surface area contributed by atoms with Crippen molar-refractivity contribution in [2.45, 2.75) is 77.2 Å². The molecule has 0 spiro atoms.